The summed E-state index contributed by atoms with van der Waals surface area (Å²) in [5.41, 5.74) is 0.865. The molecule has 1 aliphatic heterocycles. The van der Waals surface area contributed by atoms with E-state index in [2.05, 4.69) is 0 Å². The van der Waals surface area contributed by atoms with Gasteiger partial charge in [-0.3, -0.25) is 4.52 Å². The van der Waals surface area contributed by atoms with Gasteiger partial charge in [-0.1, -0.05) is 18.2 Å². The van der Waals surface area contributed by atoms with Crippen LogP contribution in [0.5, 0.6) is 5.75 Å². The Kier molecular flexibility index (Phi) is 1.87. The molecule has 1 aromatic carbocycles. The van der Waals surface area contributed by atoms with Crippen molar-refractivity contribution < 1.29 is 13.6 Å². The normalized spacial score (nSPS) is 27.4. The predicted octanol–water partition coefficient (Wildman–Crippen LogP) is 2.94. The summed E-state index contributed by atoms with van der Waals surface area (Å²) in [7, 11) is 0. The molecule has 12 heavy (non-hydrogen) atoms. The van der Waals surface area contributed by atoms with Gasteiger partial charge < -0.3 is 4.52 Å². The highest BCUT2D eigenvalue weighted by atomic mass is 35.7. The second-order valence-electron chi connectivity index (χ2n) is 2.40. The third kappa shape index (κ3) is 1.48. The number of rotatable bonds is 0. The molecular formula is C7H6ClO3P. The van der Waals surface area contributed by atoms with Gasteiger partial charge in [0.15, 0.2) is 0 Å². The molecule has 0 fully saturated rings. The Morgan fingerprint density at radius 2 is 2.17 bits per heavy atom. The minimum Gasteiger partial charge on any atom is -0.413 e. The van der Waals surface area contributed by atoms with Crippen LogP contribution in [0.1, 0.15) is 5.56 Å². The van der Waals surface area contributed by atoms with Crippen LogP contribution in [0, 0.1) is 0 Å². The summed E-state index contributed by atoms with van der Waals surface area (Å²) in [6, 6.07) is 7.20. The predicted molar refractivity (Wildman–Crippen MR) is 45.3 cm³/mol. The van der Waals surface area contributed by atoms with E-state index in [4.69, 9.17) is 20.3 Å². The maximum absolute atomic E-state index is 11.1. The van der Waals surface area contributed by atoms with Crippen LogP contribution in [0.15, 0.2) is 24.3 Å². The first-order chi connectivity index (χ1) is 5.67. The van der Waals surface area contributed by atoms with Crippen molar-refractivity contribution in [2.24, 2.45) is 0 Å². The maximum atomic E-state index is 11.1. The van der Waals surface area contributed by atoms with Crippen molar-refractivity contribution in [3.63, 3.8) is 0 Å². The van der Waals surface area contributed by atoms with Gasteiger partial charge in [0.2, 0.25) is 0 Å². The topological polar surface area (TPSA) is 35.5 Å². The van der Waals surface area contributed by atoms with E-state index in [0.29, 0.717) is 5.75 Å². The van der Waals surface area contributed by atoms with Crippen LogP contribution in [0.4, 0.5) is 0 Å². The van der Waals surface area contributed by atoms with Gasteiger partial charge in [-0.05, 0) is 6.07 Å². The fourth-order valence-electron chi connectivity index (χ4n) is 1.00. The minimum atomic E-state index is -3.35. The Morgan fingerprint density at radius 3 is 3.00 bits per heavy atom. The van der Waals surface area contributed by atoms with Crippen LogP contribution in [0.3, 0.4) is 0 Å². The fraction of sp³-hybridized carbons (Fsp3) is 0.143. The monoisotopic (exact) mass is 204 g/mol. The first-order valence-corrected chi connectivity index (χ1v) is 5.84. The van der Waals surface area contributed by atoms with E-state index in [1.54, 1.807) is 12.1 Å². The summed E-state index contributed by atoms with van der Waals surface area (Å²) in [6.07, 6.45) is 0. The van der Waals surface area contributed by atoms with Crippen LogP contribution in [0.2, 0.25) is 0 Å². The van der Waals surface area contributed by atoms with Crippen LogP contribution in [-0.4, -0.2) is 0 Å². The van der Waals surface area contributed by atoms with Crippen molar-refractivity contribution in [1.82, 2.24) is 0 Å². The standard InChI is InChI=1S/C7H6ClO3P/c8-12(9)10-5-6-3-1-2-4-7(6)11-12/h1-4H,5H2/t12-/m1/s1. The molecule has 64 valence electrons. The Labute approximate surface area is 74.6 Å². The molecule has 1 aliphatic rings. The van der Waals surface area contributed by atoms with Gasteiger partial charge in [-0.15, -0.1) is 0 Å². The molecule has 0 aromatic heterocycles. The SMILES string of the molecule is O=[P@]1(Cl)OCc2ccccc2O1. The molecule has 2 rings (SSSR count). The fourth-order valence-corrected chi connectivity index (χ4v) is 2.13. The van der Waals surface area contributed by atoms with Gasteiger partial charge in [0, 0.05) is 16.8 Å². The molecule has 3 nitrogen and oxygen atoms in total. The number of para-hydroxylation sites is 1. The summed E-state index contributed by atoms with van der Waals surface area (Å²) < 4.78 is 20.8. The van der Waals surface area contributed by atoms with Crippen LogP contribution in [-0.2, 0) is 15.7 Å². The van der Waals surface area contributed by atoms with Crippen molar-refractivity contribution in [2.45, 2.75) is 6.61 Å². The molecule has 0 amide bonds. The average molecular weight is 205 g/mol. The molecule has 0 bridgehead atoms. The minimum absolute atomic E-state index is 0.247. The number of hydrogen-bond acceptors (Lipinski definition) is 3. The Morgan fingerprint density at radius 1 is 1.42 bits per heavy atom. The molecule has 1 atom stereocenters. The zero-order valence-electron chi connectivity index (χ0n) is 6.07. The Bertz CT molecular complexity index is 352. The lowest BCUT2D eigenvalue weighted by atomic mass is 10.2. The van der Waals surface area contributed by atoms with E-state index in [9.17, 15) is 4.57 Å². The van der Waals surface area contributed by atoms with Crippen molar-refractivity contribution in [3.05, 3.63) is 29.8 Å². The van der Waals surface area contributed by atoms with E-state index in [1.807, 2.05) is 12.1 Å². The number of hydrogen-bond donors (Lipinski definition) is 0. The number of benzene rings is 1. The summed E-state index contributed by atoms with van der Waals surface area (Å²) in [5.74, 6) is 0.544. The highest BCUT2D eigenvalue weighted by Gasteiger charge is 2.28. The highest BCUT2D eigenvalue weighted by molar-refractivity contribution is 7.81. The van der Waals surface area contributed by atoms with Gasteiger partial charge in [-0.25, -0.2) is 4.57 Å². The molecule has 0 N–H and O–H groups in total. The van der Waals surface area contributed by atoms with Crippen molar-refractivity contribution in [1.29, 1.82) is 0 Å². The lowest BCUT2D eigenvalue weighted by Crippen LogP contribution is -2.02. The molecule has 0 spiro atoms. The third-order valence-electron chi connectivity index (χ3n) is 1.55. The van der Waals surface area contributed by atoms with Crippen LogP contribution >= 0.6 is 18.2 Å². The lowest BCUT2D eigenvalue weighted by Gasteiger charge is -2.20. The highest BCUT2D eigenvalue weighted by Crippen LogP contribution is 2.57. The molecule has 0 aliphatic carbocycles. The van der Waals surface area contributed by atoms with E-state index in [1.165, 1.54) is 0 Å². The van der Waals surface area contributed by atoms with Crippen molar-refractivity contribution >= 4 is 18.2 Å². The average Bonchev–Trinajstić information content (AvgIpc) is 2.02. The summed E-state index contributed by atoms with van der Waals surface area (Å²) in [5, 5.41) is 0. The van der Waals surface area contributed by atoms with Crippen molar-refractivity contribution in [3.8, 4) is 5.75 Å². The molecular weight excluding hydrogens is 199 g/mol. The Balaban J connectivity index is 2.42. The first kappa shape index (κ1) is 8.11. The van der Waals surface area contributed by atoms with Gasteiger partial charge in [-0.2, -0.15) is 0 Å². The molecule has 1 heterocycles. The van der Waals surface area contributed by atoms with Crippen molar-refractivity contribution in [2.75, 3.05) is 0 Å². The first-order valence-electron chi connectivity index (χ1n) is 3.39. The summed E-state index contributed by atoms with van der Waals surface area (Å²) in [4.78, 5) is 0. The van der Waals surface area contributed by atoms with Gasteiger partial charge in [0.05, 0.1) is 6.61 Å². The second kappa shape index (κ2) is 2.77. The maximum Gasteiger partial charge on any atom is 0.477 e. The largest absolute Gasteiger partial charge is 0.477 e. The summed E-state index contributed by atoms with van der Waals surface area (Å²) in [6.45, 7) is -3.10. The van der Waals surface area contributed by atoms with E-state index < -0.39 is 6.95 Å². The number of fused-ring (bicyclic) bond motifs is 1. The van der Waals surface area contributed by atoms with Gasteiger partial charge in [0.25, 0.3) is 0 Å². The molecule has 0 unspecified atom stereocenters. The third-order valence-corrected chi connectivity index (χ3v) is 2.91. The summed E-state index contributed by atoms with van der Waals surface area (Å²) >= 11 is 5.41. The Hall–Kier alpha value is -0.500. The van der Waals surface area contributed by atoms with Gasteiger partial charge >= 0.3 is 6.95 Å². The molecule has 0 radical (unpaired) electrons. The second-order valence-corrected chi connectivity index (χ2v) is 4.95. The molecule has 0 saturated carbocycles. The molecule has 5 heteroatoms. The van der Waals surface area contributed by atoms with Crippen LogP contribution < -0.4 is 4.52 Å². The van der Waals surface area contributed by atoms with E-state index in [0.717, 1.165) is 5.56 Å². The quantitative estimate of drug-likeness (QED) is 0.610. The smallest absolute Gasteiger partial charge is 0.413 e. The lowest BCUT2D eigenvalue weighted by molar-refractivity contribution is 0.246. The zero-order valence-corrected chi connectivity index (χ0v) is 7.72. The van der Waals surface area contributed by atoms with E-state index in [-0.39, 0.29) is 6.61 Å². The van der Waals surface area contributed by atoms with Crippen LogP contribution in [0.25, 0.3) is 0 Å². The molecule has 0 saturated heterocycles. The zero-order chi connectivity index (χ0) is 8.60. The van der Waals surface area contributed by atoms with E-state index >= 15 is 0 Å². The number of halogens is 1. The van der Waals surface area contributed by atoms with Gasteiger partial charge in [0.1, 0.15) is 5.75 Å². The molecule has 1 aromatic rings.